The first-order valence-electron chi connectivity index (χ1n) is 1.56. The zero-order chi connectivity index (χ0) is 4.28. The molecule has 0 aromatic heterocycles. The largest absolute Gasteiger partial charge is 0.394 e. The van der Waals surface area contributed by atoms with Crippen molar-refractivity contribution in [3.8, 4) is 0 Å². The van der Waals surface area contributed by atoms with Crippen molar-refractivity contribution >= 4 is 0 Å². The normalized spacial score (nSPS) is 12.5. The molecule has 0 saturated heterocycles. The summed E-state index contributed by atoms with van der Waals surface area (Å²) in [6, 6.07) is 0. The van der Waals surface area contributed by atoms with Gasteiger partial charge in [0.05, 0.1) is 12.7 Å². The van der Waals surface area contributed by atoms with Crippen molar-refractivity contribution in [1.82, 2.24) is 0 Å². The lowest BCUT2D eigenvalue weighted by Crippen LogP contribution is -2.03. The number of rotatable bonds is 1. The maximum Gasteiger partial charge on any atom is 0.0742 e. The van der Waals surface area contributed by atoms with E-state index in [9.17, 15) is 0 Å². The average molecular weight is 96.1 g/mol. The van der Waals surface area contributed by atoms with Gasteiger partial charge < -0.3 is 10.2 Å². The summed E-state index contributed by atoms with van der Waals surface area (Å²) in [6.45, 7) is 1.39. The van der Waals surface area contributed by atoms with E-state index in [1.54, 1.807) is 0 Å². The minimum absolute atomic E-state index is 0. The van der Waals surface area contributed by atoms with E-state index in [2.05, 4.69) is 0 Å². The minimum atomic E-state index is -0.560. The minimum Gasteiger partial charge on any atom is -0.394 e. The van der Waals surface area contributed by atoms with Gasteiger partial charge in [0.15, 0.2) is 0 Å². The van der Waals surface area contributed by atoms with Gasteiger partial charge in [0, 0.05) is 0 Å². The molecular formula is C3H9FO2. The molecule has 3 heteroatoms. The molecule has 0 aliphatic rings. The van der Waals surface area contributed by atoms with Crippen LogP contribution in [0.25, 0.3) is 0 Å². The summed E-state index contributed by atoms with van der Waals surface area (Å²) in [5, 5.41) is 16.0. The predicted molar refractivity (Wildman–Crippen MR) is 21.3 cm³/mol. The fourth-order valence-corrected chi connectivity index (χ4v) is 0. The van der Waals surface area contributed by atoms with Crippen LogP contribution in [0.5, 0.6) is 0 Å². The van der Waals surface area contributed by atoms with Crippen LogP contribution in [0.1, 0.15) is 6.92 Å². The van der Waals surface area contributed by atoms with Crippen molar-refractivity contribution in [1.29, 1.82) is 0 Å². The van der Waals surface area contributed by atoms with Gasteiger partial charge in [-0.05, 0) is 6.92 Å². The fourth-order valence-electron chi connectivity index (χ4n) is 0. The second-order valence-electron chi connectivity index (χ2n) is 1.03. The molecule has 0 spiro atoms. The Balaban J connectivity index is 0. The zero-order valence-electron chi connectivity index (χ0n) is 3.59. The first-order chi connectivity index (χ1) is 2.27. The SMILES string of the molecule is CC(O)CO.F. The van der Waals surface area contributed by atoms with Gasteiger partial charge in [-0.2, -0.15) is 0 Å². The van der Waals surface area contributed by atoms with Crippen LogP contribution in [0, 0.1) is 0 Å². The molecule has 0 heterocycles. The summed E-state index contributed by atoms with van der Waals surface area (Å²) in [7, 11) is 0. The summed E-state index contributed by atoms with van der Waals surface area (Å²) in [6.07, 6.45) is -0.560. The maximum atomic E-state index is 8.11. The molecule has 40 valence electrons. The lowest BCUT2D eigenvalue weighted by atomic mass is 10.5. The summed E-state index contributed by atoms with van der Waals surface area (Å²) in [5.41, 5.74) is 0. The molecule has 0 radical (unpaired) electrons. The molecule has 0 bridgehead atoms. The van der Waals surface area contributed by atoms with Gasteiger partial charge in [-0.3, -0.25) is 4.70 Å². The molecule has 0 rings (SSSR count). The molecular weight excluding hydrogens is 87.0 g/mol. The molecule has 1 atom stereocenters. The molecule has 0 amide bonds. The Hall–Kier alpha value is -0.150. The van der Waals surface area contributed by atoms with Gasteiger partial charge in [-0.1, -0.05) is 0 Å². The van der Waals surface area contributed by atoms with E-state index in [1.165, 1.54) is 6.92 Å². The van der Waals surface area contributed by atoms with Crippen LogP contribution < -0.4 is 0 Å². The number of hydrogen-bond donors (Lipinski definition) is 2. The molecule has 2 nitrogen and oxygen atoms in total. The third-order valence-electron chi connectivity index (χ3n) is 0.264. The number of aliphatic hydroxyl groups is 2. The smallest absolute Gasteiger partial charge is 0.0742 e. The molecule has 1 unspecified atom stereocenters. The Bertz CT molecular complexity index is 22.8. The summed E-state index contributed by atoms with van der Waals surface area (Å²) in [4.78, 5) is 0. The second-order valence-corrected chi connectivity index (χ2v) is 1.03. The molecule has 0 aliphatic carbocycles. The molecule has 0 saturated carbocycles. The molecule has 0 aromatic carbocycles. The topological polar surface area (TPSA) is 40.5 Å². The van der Waals surface area contributed by atoms with E-state index >= 15 is 0 Å². The monoisotopic (exact) mass is 96.1 g/mol. The molecule has 6 heavy (non-hydrogen) atoms. The standard InChI is InChI=1S/C3H8O2.FH/c1-3(5)2-4;/h3-5H,2H2,1H3;1H. The summed E-state index contributed by atoms with van der Waals surface area (Å²) < 4.78 is 0. The van der Waals surface area contributed by atoms with Crippen LogP contribution in [-0.2, 0) is 0 Å². The van der Waals surface area contributed by atoms with Crippen LogP contribution in [0.2, 0.25) is 0 Å². The van der Waals surface area contributed by atoms with Gasteiger partial charge >= 0.3 is 0 Å². The fraction of sp³-hybridized carbons (Fsp3) is 1.00. The molecule has 0 aromatic rings. The Kier molecular flexibility index (Phi) is 7.50. The average Bonchev–Trinajstić information content (AvgIpc) is 1.38. The first-order valence-corrected chi connectivity index (χ1v) is 1.56. The Morgan fingerprint density at radius 1 is 1.67 bits per heavy atom. The highest BCUT2D eigenvalue weighted by Crippen LogP contribution is 1.68. The third kappa shape index (κ3) is 9.14. The quantitative estimate of drug-likeness (QED) is 0.462. The third-order valence-corrected chi connectivity index (χ3v) is 0.264. The van der Waals surface area contributed by atoms with Gasteiger partial charge in [0.2, 0.25) is 0 Å². The van der Waals surface area contributed by atoms with E-state index in [0.717, 1.165) is 0 Å². The van der Waals surface area contributed by atoms with Crippen molar-refractivity contribution in [3.63, 3.8) is 0 Å². The van der Waals surface area contributed by atoms with Crippen molar-refractivity contribution in [2.75, 3.05) is 6.61 Å². The Morgan fingerprint density at radius 3 is 1.83 bits per heavy atom. The van der Waals surface area contributed by atoms with Gasteiger partial charge in [-0.15, -0.1) is 0 Å². The van der Waals surface area contributed by atoms with Gasteiger partial charge in [0.25, 0.3) is 0 Å². The highest BCUT2D eigenvalue weighted by Gasteiger charge is 1.83. The van der Waals surface area contributed by atoms with E-state index in [4.69, 9.17) is 10.2 Å². The van der Waals surface area contributed by atoms with E-state index in [1.807, 2.05) is 0 Å². The first kappa shape index (κ1) is 9.28. The van der Waals surface area contributed by atoms with Crippen LogP contribution >= 0.6 is 0 Å². The highest BCUT2D eigenvalue weighted by molar-refractivity contribution is 4.33. The Morgan fingerprint density at radius 2 is 1.83 bits per heavy atom. The number of aliphatic hydroxyl groups excluding tert-OH is 2. The molecule has 2 N–H and O–H groups in total. The maximum absolute atomic E-state index is 8.11. The predicted octanol–water partition coefficient (Wildman–Crippen LogP) is -0.488. The van der Waals surface area contributed by atoms with Crippen LogP contribution in [0.15, 0.2) is 0 Å². The molecule has 0 fully saturated rings. The molecule has 0 aliphatic heterocycles. The van der Waals surface area contributed by atoms with E-state index in [-0.39, 0.29) is 11.3 Å². The van der Waals surface area contributed by atoms with Crippen LogP contribution in [0.4, 0.5) is 4.70 Å². The van der Waals surface area contributed by atoms with Crippen LogP contribution in [0.3, 0.4) is 0 Å². The zero-order valence-corrected chi connectivity index (χ0v) is 3.59. The second kappa shape index (κ2) is 4.85. The van der Waals surface area contributed by atoms with Crippen molar-refractivity contribution in [2.45, 2.75) is 13.0 Å². The summed E-state index contributed by atoms with van der Waals surface area (Å²) in [5.74, 6) is 0. The van der Waals surface area contributed by atoms with Crippen molar-refractivity contribution in [2.24, 2.45) is 0 Å². The van der Waals surface area contributed by atoms with E-state index in [0.29, 0.717) is 0 Å². The Labute approximate surface area is 35.8 Å². The van der Waals surface area contributed by atoms with Gasteiger partial charge in [-0.25, -0.2) is 0 Å². The summed E-state index contributed by atoms with van der Waals surface area (Å²) >= 11 is 0. The van der Waals surface area contributed by atoms with Crippen LogP contribution in [-0.4, -0.2) is 22.9 Å². The van der Waals surface area contributed by atoms with E-state index < -0.39 is 6.10 Å². The van der Waals surface area contributed by atoms with Crippen molar-refractivity contribution in [3.05, 3.63) is 0 Å². The highest BCUT2D eigenvalue weighted by atomic mass is 19.0. The lowest BCUT2D eigenvalue weighted by Gasteiger charge is -1.90. The number of hydrogen-bond acceptors (Lipinski definition) is 2. The lowest BCUT2D eigenvalue weighted by molar-refractivity contribution is 0.110. The van der Waals surface area contributed by atoms with Crippen molar-refractivity contribution < 1.29 is 14.9 Å². The van der Waals surface area contributed by atoms with Gasteiger partial charge in [0.1, 0.15) is 0 Å². The number of halogens is 1.